The molecule has 2 aromatic heterocycles. The maximum Gasteiger partial charge on any atom is 0.236 e. The van der Waals surface area contributed by atoms with Crippen molar-refractivity contribution in [3.05, 3.63) is 65.5 Å². The predicted molar refractivity (Wildman–Crippen MR) is 131 cm³/mol. The highest BCUT2D eigenvalue weighted by Crippen LogP contribution is 2.42. The van der Waals surface area contributed by atoms with E-state index in [-0.39, 0.29) is 5.91 Å². The number of carbonyl (C=O) groups excluding carboxylic acids is 1. The molecule has 33 heavy (non-hydrogen) atoms. The molecule has 0 bridgehead atoms. The first kappa shape index (κ1) is 21.1. The van der Waals surface area contributed by atoms with Crippen molar-refractivity contribution in [2.75, 3.05) is 24.4 Å². The zero-order valence-electron chi connectivity index (χ0n) is 18.8. The van der Waals surface area contributed by atoms with E-state index in [1.165, 1.54) is 11.3 Å². The zero-order valence-corrected chi connectivity index (χ0v) is 19.6. The number of ether oxygens (including phenoxy) is 1. The second kappa shape index (κ2) is 7.97. The molecule has 1 aliphatic rings. The van der Waals surface area contributed by atoms with Crippen molar-refractivity contribution in [1.29, 1.82) is 0 Å². The molecule has 1 aliphatic heterocycles. The molecule has 0 fully saturated rings. The number of aromatic nitrogens is 3. The second-order valence-electron chi connectivity index (χ2n) is 8.42. The van der Waals surface area contributed by atoms with Crippen LogP contribution in [0, 0.1) is 0 Å². The second-order valence-corrected chi connectivity index (χ2v) is 9.27. The zero-order chi connectivity index (χ0) is 23.2. The van der Waals surface area contributed by atoms with Crippen molar-refractivity contribution < 1.29 is 9.53 Å². The van der Waals surface area contributed by atoms with Gasteiger partial charge in [0.1, 0.15) is 5.75 Å². The summed E-state index contributed by atoms with van der Waals surface area (Å²) >= 11 is 1.50. The van der Waals surface area contributed by atoms with Crippen LogP contribution in [0.5, 0.6) is 5.75 Å². The number of hydrogen-bond donors (Lipinski definition) is 1. The molecule has 0 saturated carbocycles. The number of anilines is 3. The molecule has 0 atom stereocenters. The van der Waals surface area contributed by atoms with Gasteiger partial charge in [-0.15, -0.1) is 21.5 Å². The SMILES string of the molecule is COc1ccc(-c2ccc(Nc3nc(-c4ccc5c(c4)C(C)(C)C(=O)N5C)cs3)nn2)cc1. The number of methoxy groups -OCH3 is 1. The van der Waals surface area contributed by atoms with E-state index in [1.54, 1.807) is 12.0 Å². The lowest BCUT2D eigenvalue weighted by Gasteiger charge is -2.16. The number of rotatable bonds is 5. The third kappa shape index (κ3) is 3.72. The number of benzene rings is 2. The van der Waals surface area contributed by atoms with Gasteiger partial charge in [0.25, 0.3) is 0 Å². The summed E-state index contributed by atoms with van der Waals surface area (Å²) in [5, 5.41) is 14.6. The number of fused-ring (bicyclic) bond motifs is 1. The lowest BCUT2D eigenvalue weighted by molar-refractivity contribution is -0.121. The van der Waals surface area contributed by atoms with Crippen LogP contribution in [0.4, 0.5) is 16.6 Å². The normalized spacial score (nSPS) is 14.3. The standard InChI is InChI=1S/C25H23N5O2S/c1-25(2)18-13-16(7-11-21(18)30(3)23(25)31)20-14-33-24(26-20)27-22-12-10-19(28-29-22)15-5-8-17(32-4)9-6-15/h5-14H,1-4H3,(H,26,27,29). The molecule has 0 unspecified atom stereocenters. The fourth-order valence-corrected chi connectivity index (χ4v) is 4.75. The molecule has 8 heteroatoms. The Morgan fingerprint density at radius 2 is 1.73 bits per heavy atom. The molecule has 2 aromatic carbocycles. The van der Waals surface area contributed by atoms with Crippen LogP contribution in [0.25, 0.3) is 22.5 Å². The van der Waals surface area contributed by atoms with E-state index in [1.807, 2.05) is 74.8 Å². The smallest absolute Gasteiger partial charge is 0.236 e. The van der Waals surface area contributed by atoms with Gasteiger partial charge in [-0.05, 0) is 67.9 Å². The molecule has 0 saturated heterocycles. The summed E-state index contributed by atoms with van der Waals surface area (Å²) in [6.07, 6.45) is 0. The van der Waals surface area contributed by atoms with E-state index in [4.69, 9.17) is 9.72 Å². The van der Waals surface area contributed by atoms with Crippen molar-refractivity contribution in [3.8, 4) is 28.3 Å². The summed E-state index contributed by atoms with van der Waals surface area (Å²) < 4.78 is 5.20. The van der Waals surface area contributed by atoms with Crippen molar-refractivity contribution in [1.82, 2.24) is 15.2 Å². The fraction of sp³-hybridized carbons (Fsp3) is 0.200. The Labute approximate surface area is 196 Å². The van der Waals surface area contributed by atoms with E-state index < -0.39 is 5.41 Å². The number of nitrogens with one attached hydrogen (secondary N) is 1. The predicted octanol–water partition coefficient (Wildman–Crippen LogP) is 5.27. The van der Waals surface area contributed by atoms with Crippen molar-refractivity contribution in [2.24, 2.45) is 0 Å². The number of carbonyl (C=O) groups is 1. The number of nitrogens with zero attached hydrogens (tertiary/aromatic N) is 4. The van der Waals surface area contributed by atoms with Crippen molar-refractivity contribution in [2.45, 2.75) is 19.3 Å². The Bertz CT molecular complexity index is 1330. The number of hydrogen-bond acceptors (Lipinski definition) is 7. The molecule has 0 aliphatic carbocycles. The maximum atomic E-state index is 12.6. The number of likely N-dealkylation sites (N-methyl/N-ethyl adjacent to an activating group) is 1. The highest BCUT2D eigenvalue weighted by atomic mass is 32.1. The van der Waals surface area contributed by atoms with Gasteiger partial charge < -0.3 is 15.0 Å². The number of amides is 1. The van der Waals surface area contributed by atoms with Gasteiger partial charge in [0.2, 0.25) is 5.91 Å². The largest absolute Gasteiger partial charge is 0.497 e. The van der Waals surface area contributed by atoms with Crippen LogP contribution in [0.2, 0.25) is 0 Å². The van der Waals surface area contributed by atoms with Gasteiger partial charge in [-0.3, -0.25) is 4.79 Å². The molecular formula is C25H23N5O2S. The summed E-state index contributed by atoms with van der Waals surface area (Å²) in [6, 6.07) is 17.6. The quantitative estimate of drug-likeness (QED) is 0.440. The van der Waals surface area contributed by atoms with E-state index in [2.05, 4.69) is 21.6 Å². The van der Waals surface area contributed by atoms with Crippen LogP contribution in [0.3, 0.4) is 0 Å². The third-order valence-electron chi connectivity index (χ3n) is 5.96. The Balaban J connectivity index is 1.34. The Morgan fingerprint density at radius 3 is 2.42 bits per heavy atom. The average Bonchev–Trinajstić information content (AvgIpc) is 3.37. The maximum absolute atomic E-state index is 12.6. The minimum absolute atomic E-state index is 0.104. The summed E-state index contributed by atoms with van der Waals surface area (Å²) in [7, 11) is 3.46. The van der Waals surface area contributed by atoms with Gasteiger partial charge in [0.05, 0.1) is 23.9 Å². The van der Waals surface area contributed by atoms with Crippen LogP contribution in [0.1, 0.15) is 19.4 Å². The molecule has 5 rings (SSSR count). The van der Waals surface area contributed by atoms with Crippen molar-refractivity contribution in [3.63, 3.8) is 0 Å². The van der Waals surface area contributed by atoms with Crippen LogP contribution in [0.15, 0.2) is 60.0 Å². The Kier molecular flexibility index (Phi) is 5.09. The Morgan fingerprint density at radius 1 is 0.970 bits per heavy atom. The topological polar surface area (TPSA) is 80.2 Å². The van der Waals surface area contributed by atoms with Crippen LogP contribution in [-0.4, -0.2) is 35.2 Å². The minimum atomic E-state index is -0.543. The van der Waals surface area contributed by atoms with Gasteiger partial charge in [-0.1, -0.05) is 6.07 Å². The molecule has 1 N–H and O–H groups in total. The molecule has 166 valence electrons. The number of thiazole rings is 1. The van der Waals surface area contributed by atoms with Crippen LogP contribution >= 0.6 is 11.3 Å². The van der Waals surface area contributed by atoms with Gasteiger partial charge in [-0.2, -0.15) is 0 Å². The molecular weight excluding hydrogens is 434 g/mol. The first-order chi connectivity index (χ1) is 15.9. The monoisotopic (exact) mass is 457 g/mol. The van der Waals surface area contributed by atoms with E-state index >= 15 is 0 Å². The van der Waals surface area contributed by atoms with Gasteiger partial charge >= 0.3 is 0 Å². The minimum Gasteiger partial charge on any atom is -0.497 e. The average molecular weight is 458 g/mol. The summed E-state index contributed by atoms with van der Waals surface area (Å²) in [6.45, 7) is 3.92. The summed E-state index contributed by atoms with van der Waals surface area (Å²) in [5.74, 6) is 1.53. The lowest BCUT2D eigenvalue weighted by atomic mass is 9.85. The molecule has 0 spiro atoms. The third-order valence-corrected chi connectivity index (χ3v) is 6.71. The highest BCUT2D eigenvalue weighted by Gasteiger charge is 2.42. The highest BCUT2D eigenvalue weighted by molar-refractivity contribution is 7.14. The molecule has 7 nitrogen and oxygen atoms in total. The fourth-order valence-electron chi connectivity index (χ4n) is 4.02. The van der Waals surface area contributed by atoms with Gasteiger partial charge in [0.15, 0.2) is 10.9 Å². The molecule has 4 aromatic rings. The summed E-state index contributed by atoms with van der Waals surface area (Å²) in [5.41, 5.74) is 5.02. The van der Waals surface area contributed by atoms with E-state index in [0.717, 1.165) is 44.6 Å². The lowest BCUT2D eigenvalue weighted by Crippen LogP contribution is -2.33. The molecule has 3 heterocycles. The van der Waals surface area contributed by atoms with E-state index in [0.29, 0.717) is 5.82 Å². The first-order valence-electron chi connectivity index (χ1n) is 10.5. The Hall–Kier alpha value is -3.78. The molecule has 0 radical (unpaired) electrons. The first-order valence-corrected chi connectivity index (χ1v) is 11.4. The van der Waals surface area contributed by atoms with Crippen LogP contribution in [-0.2, 0) is 10.2 Å². The van der Waals surface area contributed by atoms with Crippen LogP contribution < -0.4 is 15.0 Å². The summed E-state index contributed by atoms with van der Waals surface area (Å²) in [4.78, 5) is 19.0. The van der Waals surface area contributed by atoms with Gasteiger partial charge in [0, 0.05) is 29.2 Å². The molecule has 1 amide bonds. The van der Waals surface area contributed by atoms with Gasteiger partial charge in [-0.25, -0.2) is 4.98 Å². The van der Waals surface area contributed by atoms with Crippen molar-refractivity contribution >= 4 is 33.9 Å². The van der Waals surface area contributed by atoms with E-state index in [9.17, 15) is 4.79 Å².